The Hall–Kier alpha value is -1.36. The first kappa shape index (κ1) is 17.0. The molecule has 1 amide bonds. The number of aromatic nitrogens is 2. The number of hydrogen-bond donors (Lipinski definition) is 1. The van der Waals surface area contributed by atoms with Crippen LogP contribution in [0, 0.1) is 6.92 Å². The molecule has 0 unspecified atom stereocenters. The van der Waals surface area contributed by atoms with Gasteiger partial charge in [-0.25, -0.2) is 0 Å². The lowest BCUT2D eigenvalue weighted by Gasteiger charge is -2.32. The van der Waals surface area contributed by atoms with Gasteiger partial charge in [-0.15, -0.1) is 0 Å². The Balaban J connectivity index is 1.92. The molecule has 1 N–H and O–H groups in total. The largest absolute Gasteiger partial charge is 0.349 e. The fourth-order valence-electron chi connectivity index (χ4n) is 3.14. The summed E-state index contributed by atoms with van der Waals surface area (Å²) in [4.78, 5) is 15.0. The Bertz CT molecular complexity index is 489. The molecule has 1 atom stereocenters. The average Bonchev–Trinajstić information content (AvgIpc) is 2.90. The van der Waals surface area contributed by atoms with Gasteiger partial charge in [0.2, 0.25) is 0 Å². The quantitative estimate of drug-likeness (QED) is 0.879. The molecule has 1 aliphatic heterocycles. The van der Waals surface area contributed by atoms with Crippen molar-refractivity contribution in [1.29, 1.82) is 0 Å². The van der Waals surface area contributed by atoms with Crippen molar-refractivity contribution in [2.24, 2.45) is 0 Å². The van der Waals surface area contributed by atoms with Gasteiger partial charge in [-0.05, 0) is 46.1 Å². The number of hydrogen-bond acceptors (Lipinski definition) is 3. The second-order valence-corrected chi connectivity index (χ2v) is 6.43. The van der Waals surface area contributed by atoms with Gasteiger partial charge in [0, 0.05) is 30.9 Å². The van der Waals surface area contributed by atoms with E-state index in [1.54, 1.807) is 6.20 Å². The second-order valence-electron chi connectivity index (χ2n) is 6.43. The Morgan fingerprint density at radius 3 is 2.68 bits per heavy atom. The van der Waals surface area contributed by atoms with E-state index in [0.29, 0.717) is 12.1 Å². The first-order chi connectivity index (χ1) is 10.6. The first-order valence-corrected chi connectivity index (χ1v) is 8.64. The third-order valence-electron chi connectivity index (χ3n) is 4.76. The predicted octanol–water partition coefficient (Wildman–Crippen LogP) is 2.77. The number of likely N-dealkylation sites (tertiary alicyclic amines) is 1. The number of rotatable bonds is 6. The van der Waals surface area contributed by atoms with Crippen molar-refractivity contribution < 1.29 is 4.79 Å². The second kappa shape index (κ2) is 7.77. The molecule has 1 aromatic heterocycles. The van der Waals surface area contributed by atoms with E-state index in [9.17, 15) is 4.79 Å². The molecule has 1 fully saturated rings. The van der Waals surface area contributed by atoms with E-state index in [1.807, 2.05) is 11.6 Å². The Morgan fingerprint density at radius 1 is 1.41 bits per heavy atom. The number of carbonyl (C=O) groups excluding carboxylic acids is 1. The summed E-state index contributed by atoms with van der Waals surface area (Å²) in [6.07, 6.45) is 6.02. The molecule has 0 saturated carbocycles. The first-order valence-electron chi connectivity index (χ1n) is 8.64. The van der Waals surface area contributed by atoms with Crippen LogP contribution in [0.2, 0.25) is 0 Å². The van der Waals surface area contributed by atoms with Crippen molar-refractivity contribution in [3.63, 3.8) is 0 Å². The molecule has 124 valence electrons. The normalized spacial score (nSPS) is 18.4. The van der Waals surface area contributed by atoms with Crippen LogP contribution in [0.1, 0.15) is 68.5 Å². The number of piperidine rings is 1. The fourth-order valence-corrected chi connectivity index (χ4v) is 3.14. The van der Waals surface area contributed by atoms with E-state index in [-0.39, 0.29) is 5.91 Å². The molecule has 5 heteroatoms. The Labute approximate surface area is 134 Å². The van der Waals surface area contributed by atoms with Crippen LogP contribution in [0.15, 0.2) is 6.20 Å². The minimum absolute atomic E-state index is 0.0287. The summed E-state index contributed by atoms with van der Waals surface area (Å²) in [5.41, 5.74) is 1.69. The van der Waals surface area contributed by atoms with Crippen LogP contribution in [0.25, 0.3) is 0 Å². The van der Waals surface area contributed by atoms with Crippen molar-refractivity contribution >= 4 is 5.91 Å². The molecule has 0 aromatic carbocycles. The van der Waals surface area contributed by atoms with Crippen molar-refractivity contribution in [3.05, 3.63) is 17.5 Å². The van der Waals surface area contributed by atoms with Gasteiger partial charge in [0.15, 0.2) is 0 Å². The molecule has 5 nitrogen and oxygen atoms in total. The van der Waals surface area contributed by atoms with E-state index < -0.39 is 0 Å². The minimum Gasteiger partial charge on any atom is -0.349 e. The van der Waals surface area contributed by atoms with E-state index in [0.717, 1.165) is 43.6 Å². The highest BCUT2D eigenvalue weighted by molar-refractivity contribution is 5.95. The number of amides is 1. The van der Waals surface area contributed by atoms with Crippen LogP contribution in [-0.2, 0) is 0 Å². The zero-order valence-corrected chi connectivity index (χ0v) is 14.4. The van der Waals surface area contributed by atoms with Crippen molar-refractivity contribution in [2.75, 3.05) is 19.6 Å². The molecule has 0 aliphatic carbocycles. The van der Waals surface area contributed by atoms with E-state index in [2.05, 4.69) is 36.1 Å². The highest BCUT2D eigenvalue weighted by Gasteiger charge is 2.23. The summed E-state index contributed by atoms with van der Waals surface area (Å²) >= 11 is 0. The van der Waals surface area contributed by atoms with Gasteiger partial charge in [-0.3, -0.25) is 9.48 Å². The highest BCUT2D eigenvalue weighted by atomic mass is 16.1. The van der Waals surface area contributed by atoms with Crippen LogP contribution in [0.5, 0.6) is 0 Å². The molecule has 1 aliphatic rings. The summed E-state index contributed by atoms with van der Waals surface area (Å²) in [6.45, 7) is 11.8. The van der Waals surface area contributed by atoms with E-state index in [4.69, 9.17) is 0 Å². The monoisotopic (exact) mass is 306 g/mol. The number of carbonyl (C=O) groups is 1. The molecule has 0 bridgehead atoms. The SMILES string of the molecule is CCCN1CCC(NC(=O)c2cnn([C@H](C)CC)c2C)CC1. The molecule has 2 rings (SSSR count). The Kier molecular flexibility index (Phi) is 6.00. The maximum absolute atomic E-state index is 12.5. The van der Waals surface area contributed by atoms with Crippen LogP contribution in [0.4, 0.5) is 0 Å². The van der Waals surface area contributed by atoms with Crippen LogP contribution >= 0.6 is 0 Å². The molecule has 1 aromatic rings. The van der Waals surface area contributed by atoms with Gasteiger partial charge in [-0.1, -0.05) is 13.8 Å². The average molecular weight is 306 g/mol. The molecule has 0 radical (unpaired) electrons. The molecule has 22 heavy (non-hydrogen) atoms. The summed E-state index contributed by atoms with van der Waals surface area (Å²) in [5.74, 6) is 0.0287. The number of nitrogens with one attached hydrogen (secondary N) is 1. The number of nitrogens with zero attached hydrogens (tertiary/aromatic N) is 3. The molecular formula is C17H30N4O. The minimum atomic E-state index is 0.0287. The zero-order valence-electron chi connectivity index (χ0n) is 14.4. The summed E-state index contributed by atoms with van der Waals surface area (Å²) < 4.78 is 1.96. The summed E-state index contributed by atoms with van der Waals surface area (Å²) in [6, 6.07) is 0.630. The molecule has 0 spiro atoms. The van der Waals surface area contributed by atoms with Crippen LogP contribution in [-0.4, -0.2) is 46.3 Å². The summed E-state index contributed by atoms with van der Waals surface area (Å²) in [5, 5.41) is 7.57. The van der Waals surface area contributed by atoms with Gasteiger partial charge in [0.25, 0.3) is 5.91 Å². The van der Waals surface area contributed by atoms with Crippen molar-refractivity contribution in [1.82, 2.24) is 20.0 Å². The standard InChI is InChI=1S/C17H30N4O/c1-5-9-20-10-7-15(8-11-20)19-17(22)16-12-18-21(14(16)4)13(3)6-2/h12-13,15H,5-11H2,1-4H3,(H,19,22)/t13-/m1/s1. The van der Waals surface area contributed by atoms with E-state index >= 15 is 0 Å². The Morgan fingerprint density at radius 2 is 2.09 bits per heavy atom. The third kappa shape index (κ3) is 3.88. The lowest BCUT2D eigenvalue weighted by molar-refractivity contribution is 0.0910. The summed E-state index contributed by atoms with van der Waals surface area (Å²) in [7, 11) is 0. The predicted molar refractivity (Wildman–Crippen MR) is 89.2 cm³/mol. The van der Waals surface area contributed by atoms with Crippen molar-refractivity contribution in [2.45, 2.75) is 65.5 Å². The van der Waals surface area contributed by atoms with Gasteiger partial charge in [0.1, 0.15) is 0 Å². The van der Waals surface area contributed by atoms with Crippen molar-refractivity contribution in [3.8, 4) is 0 Å². The smallest absolute Gasteiger partial charge is 0.254 e. The zero-order chi connectivity index (χ0) is 16.1. The highest BCUT2D eigenvalue weighted by Crippen LogP contribution is 2.17. The maximum atomic E-state index is 12.5. The topological polar surface area (TPSA) is 50.2 Å². The van der Waals surface area contributed by atoms with Gasteiger partial charge in [-0.2, -0.15) is 5.10 Å². The van der Waals surface area contributed by atoms with E-state index in [1.165, 1.54) is 13.0 Å². The van der Waals surface area contributed by atoms with Gasteiger partial charge < -0.3 is 10.2 Å². The third-order valence-corrected chi connectivity index (χ3v) is 4.76. The maximum Gasteiger partial charge on any atom is 0.254 e. The van der Waals surface area contributed by atoms with Crippen LogP contribution < -0.4 is 5.32 Å². The molecule has 1 saturated heterocycles. The van der Waals surface area contributed by atoms with Gasteiger partial charge >= 0.3 is 0 Å². The lowest BCUT2D eigenvalue weighted by atomic mass is 10.0. The fraction of sp³-hybridized carbons (Fsp3) is 0.765. The van der Waals surface area contributed by atoms with Crippen LogP contribution in [0.3, 0.4) is 0 Å². The molecule has 2 heterocycles. The van der Waals surface area contributed by atoms with Gasteiger partial charge in [0.05, 0.1) is 11.8 Å². The molecular weight excluding hydrogens is 276 g/mol. The lowest BCUT2D eigenvalue weighted by Crippen LogP contribution is -2.44.